The number of pyridine rings is 1. The van der Waals surface area contributed by atoms with Gasteiger partial charge < -0.3 is 14.8 Å². The molecule has 0 radical (unpaired) electrons. The first-order valence-electron chi connectivity index (χ1n) is 5.75. The Labute approximate surface area is 114 Å². The Morgan fingerprint density at radius 1 is 1.61 bits per heavy atom. The molecule has 1 saturated heterocycles. The average molecular weight is 315 g/mol. The van der Waals surface area contributed by atoms with Gasteiger partial charge in [0.25, 0.3) is 0 Å². The fraction of sp³-hybridized carbons (Fsp3) is 0.500. The van der Waals surface area contributed by atoms with Gasteiger partial charge >= 0.3 is 5.97 Å². The fourth-order valence-corrected chi connectivity index (χ4v) is 2.26. The van der Waals surface area contributed by atoms with Gasteiger partial charge in [-0.2, -0.15) is 0 Å². The molecule has 0 spiro atoms. The molecule has 1 aliphatic rings. The van der Waals surface area contributed by atoms with Gasteiger partial charge in [-0.25, -0.2) is 4.98 Å². The number of carbonyl (C=O) groups excluding carboxylic acids is 1. The smallest absolute Gasteiger partial charge is 0.322 e. The minimum Gasteiger partial charge on any atom is -0.477 e. The van der Waals surface area contributed by atoms with E-state index >= 15 is 0 Å². The number of halogens is 1. The number of nitrogens with zero attached hydrogens (tertiary/aromatic N) is 1. The van der Waals surface area contributed by atoms with Crippen molar-refractivity contribution in [2.45, 2.75) is 12.5 Å². The van der Waals surface area contributed by atoms with Crippen LogP contribution in [0.25, 0.3) is 0 Å². The van der Waals surface area contributed by atoms with E-state index in [1.165, 1.54) is 7.11 Å². The lowest BCUT2D eigenvalue weighted by molar-refractivity contribution is -0.142. The SMILES string of the molecule is COC(=O)[C@@H]1CC(COc2cccc(Br)n2)CN1. The highest BCUT2D eigenvalue weighted by molar-refractivity contribution is 9.10. The number of hydrogen-bond donors (Lipinski definition) is 1. The van der Waals surface area contributed by atoms with Gasteiger partial charge in [-0.05, 0) is 28.4 Å². The lowest BCUT2D eigenvalue weighted by atomic mass is 10.1. The molecule has 0 aromatic carbocycles. The molecule has 1 fully saturated rings. The zero-order valence-electron chi connectivity index (χ0n) is 10.1. The highest BCUT2D eigenvalue weighted by Gasteiger charge is 2.30. The average Bonchev–Trinajstić information content (AvgIpc) is 2.84. The van der Waals surface area contributed by atoms with Crippen LogP contribution in [0.15, 0.2) is 22.8 Å². The van der Waals surface area contributed by atoms with Crippen molar-refractivity contribution in [1.29, 1.82) is 0 Å². The Bertz CT molecular complexity index is 428. The second-order valence-corrected chi connectivity index (χ2v) is 5.01. The van der Waals surface area contributed by atoms with Gasteiger partial charge in [-0.15, -0.1) is 0 Å². The van der Waals surface area contributed by atoms with Crippen molar-refractivity contribution in [3.05, 3.63) is 22.8 Å². The summed E-state index contributed by atoms with van der Waals surface area (Å²) in [5.74, 6) is 0.679. The van der Waals surface area contributed by atoms with Crippen LogP contribution >= 0.6 is 15.9 Å². The summed E-state index contributed by atoms with van der Waals surface area (Å²) in [7, 11) is 1.40. The predicted molar refractivity (Wildman–Crippen MR) is 69.3 cm³/mol. The van der Waals surface area contributed by atoms with E-state index in [1.807, 2.05) is 18.2 Å². The van der Waals surface area contributed by atoms with Gasteiger partial charge in [0.2, 0.25) is 5.88 Å². The van der Waals surface area contributed by atoms with Crippen molar-refractivity contribution in [2.75, 3.05) is 20.3 Å². The summed E-state index contributed by atoms with van der Waals surface area (Å²) in [4.78, 5) is 15.5. The number of aromatic nitrogens is 1. The summed E-state index contributed by atoms with van der Waals surface area (Å²) < 4.78 is 11.0. The van der Waals surface area contributed by atoms with E-state index in [1.54, 1.807) is 0 Å². The first kappa shape index (κ1) is 13.3. The Hall–Kier alpha value is -1.14. The summed E-state index contributed by atoms with van der Waals surface area (Å²) >= 11 is 3.29. The molecule has 5 nitrogen and oxygen atoms in total. The molecule has 1 unspecified atom stereocenters. The number of rotatable bonds is 4. The van der Waals surface area contributed by atoms with Gasteiger partial charge in [0.1, 0.15) is 10.6 Å². The van der Waals surface area contributed by atoms with E-state index < -0.39 is 0 Å². The minimum absolute atomic E-state index is 0.209. The van der Waals surface area contributed by atoms with E-state index in [2.05, 4.69) is 26.2 Å². The first-order valence-corrected chi connectivity index (χ1v) is 6.55. The van der Waals surface area contributed by atoms with E-state index in [-0.39, 0.29) is 12.0 Å². The molecule has 0 saturated carbocycles. The molecule has 2 rings (SSSR count). The zero-order chi connectivity index (χ0) is 13.0. The molecule has 0 amide bonds. The number of nitrogens with one attached hydrogen (secondary N) is 1. The molecular formula is C12H15BrN2O3. The number of esters is 1. The maximum atomic E-state index is 11.3. The predicted octanol–water partition coefficient (Wildman–Crippen LogP) is 1.37. The second-order valence-electron chi connectivity index (χ2n) is 4.20. The molecule has 0 aliphatic carbocycles. The summed E-state index contributed by atoms with van der Waals surface area (Å²) in [6.07, 6.45) is 0.737. The number of methoxy groups -OCH3 is 1. The van der Waals surface area contributed by atoms with Crippen molar-refractivity contribution >= 4 is 21.9 Å². The fourth-order valence-electron chi connectivity index (χ4n) is 1.93. The van der Waals surface area contributed by atoms with Crippen LogP contribution in [0.5, 0.6) is 5.88 Å². The van der Waals surface area contributed by atoms with Gasteiger partial charge in [-0.3, -0.25) is 4.79 Å². The van der Waals surface area contributed by atoms with E-state index in [9.17, 15) is 4.79 Å². The van der Waals surface area contributed by atoms with Crippen LogP contribution in [0.2, 0.25) is 0 Å². The third kappa shape index (κ3) is 3.43. The monoisotopic (exact) mass is 314 g/mol. The van der Waals surface area contributed by atoms with Crippen LogP contribution < -0.4 is 10.1 Å². The zero-order valence-corrected chi connectivity index (χ0v) is 11.6. The maximum absolute atomic E-state index is 11.3. The molecule has 1 aromatic rings. The van der Waals surface area contributed by atoms with Crippen molar-refractivity contribution in [3.63, 3.8) is 0 Å². The largest absolute Gasteiger partial charge is 0.477 e. The van der Waals surface area contributed by atoms with Crippen molar-refractivity contribution in [1.82, 2.24) is 10.3 Å². The standard InChI is InChI=1S/C12H15BrN2O3/c1-17-12(16)9-5-8(6-14-9)7-18-11-4-2-3-10(13)15-11/h2-4,8-9,14H,5-7H2,1H3/t8?,9-/m0/s1. The Kier molecular flexibility index (Phi) is 4.54. The van der Waals surface area contributed by atoms with Gasteiger partial charge in [0.05, 0.1) is 13.7 Å². The van der Waals surface area contributed by atoms with Crippen LogP contribution in [0, 0.1) is 5.92 Å². The molecule has 1 aromatic heterocycles. The summed E-state index contributed by atoms with van der Waals surface area (Å²) in [6, 6.07) is 5.32. The summed E-state index contributed by atoms with van der Waals surface area (Å²) in [6.45, 7) is 1.30. The van der Waals surface area contributed by atoms with Crippen LogP contribution in [0.1, 0.15) is 6.42 Å². The van der Waals surface area contributed by atoms with Crippen molar-refractivity contribution < 1.29 is 14.3 Å². The second kappa shape index (κ2) is 6.15. The van der Waals surface area contributed by atoms with Gasteiger partial charge in [0, 0.05) is 18.5 Å². The van der Waals surface area contributed by atoms with E-state index in [0.717, 1.165) is 17.6 Å². The molecule has 6 heteroatoms. The number of hydrogen-bond acceptors (Lipinski definition) is 5. The Morgan fingerprint density at radius 2 is 2.44 bits per heavy atom. The van der Waals surface area contributed by atoms with E-state index in [4.69, 9.17) is 9.47 Å². The van der Waals surface area contributed by atoms with Crippen LogP contribution in [-0.4, -0.2) is 37.3 Å². The first-order chi connectivity index (χ1) is 8.69. The number of ether oxygens (including phenoxy) is 2. The van der Waals surface area contributed by atoms with E-state index in [0.29, 0.717) is 18.4 Å². The lowest BCUT2D eigenvalue weighted by Gasteiger charge is -2.10. The number of carbonyl (C=O) groups is 1. The van der Waals surface area contributed by atoms with Gasteiger partial charge in [-0.1, -0.05) is 6.07 Å². The Balaban J connectivity index is 1.80. The highest BCUT2D eigenvalue weighted by atomic mass is 79.9. The highest BCUT2D eigenvalue weighted by Crippen LogP contribution is 2.18. The van der Waals surface area contributed by atoms with Crippen LogP contribution in [0.3, 0.4) is 0 Å². The van der Waals surface area contributed by atoms with Crippen LogP contribution in [0.4, 0.5) is 0 Å². The maximum Gasteiger partial charge on any atom is 0.322 e. The Morgan fingerprint density at radius 3 is 3.17 bits per heavy atom. The third-order valence-corrected chi connectivity index (χ3v) is 3.31. The molecule has 98 valence electrons. The van der Waals surface area contributed by atoms with Crippen LogP contribution in [-0.2, 0) is 9.53 Å². The van der Waals surface area contributed by atoms with Crippen molar-refractivity contribution in [3.8, 4) is 5.88 Å². The molecule has 1 aliphatic heterocycles. The van der Waals surface area contributed by atoms with Crippen molar-refractivity contribution in [2.24, 2.45) is 5.92 Å². The minimum atomic E-state index is -0.210. The molecule has 0 bridgehead atoms. The summed E-state index contributed by atoms with van der Waals surface area (Å²) in [5.41, 5.74) is 0. The normalized spacial score (nSPS) is 22.8. The molecular weight excluding hydrogens is 300 g/mol. The topological polar surface area (TPSA) is 60.5 Å². The molecule has 1 N–H and O–H groups in total. The third-order valence-electron chi connectivity index (χ3n) is 2.86. The lowest BCUT2D eigenvalue weighted by Crippen LogP contribution is -2.31. The molecule has 2 atom stereocenters. The molecule has 18 heavy (non-hydrogen) atoms. The van der Waals surface area contributed by atoms with Gasteiger partial charge in [0.15, 0.2) is 0 Å². The molecule has 2 heterocycles. The quantitative estimate of drug-likeness (QED) is 0.672. The summed E-state index contributed by atoms with van der Waals surface area (Å²) in [5, 5.41) is 3.12.